The molecular weight excluding hydrogens is 526 g/mol. The van der Waals surface area contributed by atoms with Crippen molar-refractivity contribution in [2.45, 2.75) is 70.4 Å². The van der Waals surface area contributed by atoms with Crippen molar-refractivity contribution < 1.29 is 22.7 Å². The van der Waals surface area contributed by atoms with E-state index in [-0.39, 0.29) is 10.8 Å². The van der Waals surface area contributed by atoms with Gasteiger partial charge in [-0.25, -0.2) is 4.98 Å². The molecule has 1 fully saturated rings. The number of anilines is 1. The monoisotopic (exact) mass is 565 g/mol. The van der Waals surface area contributed by atoms with Crippen molar-refractivity contribution in [3.8, 4) is 0 Å². The number of nitrogens with zero attached hydrogens (tertiary/aromatic N) is 2. The van der Waals surface area contributed by atoms with E-state index in [4.69, 9.17) is 4.74 Å². The first-order chi connectivity index (χ1) is 18.9. The van der Waals surface area contributed by atoms with Gasteiger partial charge in [0.05, 0.1) is 12.2 Å². The molecule has 2 aromatic carbocycles. The Hall–Kier alpha value is -3.46. The Kier molecular flexibility index (Phi) is 8.83. The molecule has 4 atom stereocenters. The number of ketones is 1. The molecule has 3 unspecified atom stereocenters. The highest BCUT2D eigenvalue weighted by molar-refractivity contribution is 7.92. The molecule has 214 valence electrons. The minimum atomic E-state index is -3.91. The van der Waals surface area contributed by atoms with Gasteiger partial charge < -0.3 is 9.30 Å². The van der Waals surface area contributed by atoms with Crippen molar-refractivity contribution >= 4 is 27.5 Å². The number of aryl methyl sites for hydroxylation is 2. The molecule has 9 heteroatoms. The van der Waals surface area contributed by atoms with E-state index in [0.29, 0.717) is 30.5 Å². The lowest BCUT2D eigenvalue weighted by molar-refractivity contribution is -0.174. The van der Waals surface area contributed by atoms with Gasteiger partial charge >= 0.3 is 5.97 Å². The van der Waals surface area contributed by atoms with Crippen LogP contribution in [-0.2, 0) is 37.8 Å². The Balaban J connectivity index is 1.66. The molecule has 4 rings (SSSR count). The lowest BCUT2D eigenvalue weighted by atomic mass is 9.65. The quantitative estimate of drug-likeness (QED) is 0.257. The molecule has 8 nitrogen and oxygen atoms in total. The van der Waals surface area contributed by atoms with Crippen LogP contribution in [0, 0.1) is 17.3 Å². The number of ether oxygens (including phenoxy) is 1. The highest BCUT2D eigenvalue weighted by atomic mass is 32.2. The molecule has 0 aliphatic carbocycles. The van der Waals surface area contributed by atoms with Crippen molar-refractivity contribution in [1.29, 1.82) is 0 Å². The summed E-state index contributed by atoms with van der Waals surface area (Å²) in [6.45, 7) is 7.98. The van der Waals surface area contributed by atoms with Gasteiger partial charge in [-0.3, -0.25) is 14.3 Å². The summed E-state index contributed by atoms with van der Waals surface area (Å²) < 4.78 is 36.0. The van der Waals surface area contributed by atoms with Gasteiger partial charge in [-0.15, -0.1) is 0 Å². The van der Waals surface area contributed by atoms with Crippen LogP contribution >= 0.6 is 0 Å². The number of imidazole rings is 1. The first-order valence-corrected chi connectivity index (χ1v) is 15.3. The number of nitrogens with one attached hydrogen (secondary N) is 1. The standard InChI is InChI=1S/C31H39N3O5S/c1-6-11-25-24(17-16-21-12-8-7-9-13-21)29(35)27(30(36)39-25)28(31(2,3)4)22-14-10-15-23(18-22)33-40(37,38)26-19-34(5)20-32-26/h7-10,12-15,18-20,24-25,27-28,33H,6,11,16-17H2,1-5H3/t24?,25-,27?,28?/m0/s1. The zero-order valence-corrected chi connectivity index (χ0v) is 24.6. The minimum Gasteiger partial charge on any atom is -0.461 e. The molecule has 0 bridgehead atoms. The molecule has 40 heavy (non-hydrogen) atoms. The zero-order chi connectivity index (χ0) is 29.1. The van der Waals surface area contributed by atoms with Crippen LogP contribution in [0.5, 0.6) is 0 Å². The number of esters is 1. The van der Waals surface area contributed by atoms with Gasteiger partial charge in [0.15, 0.2) is 10.8 Å². The maximum absolute atomic E-state index is 14.2. The summed E-state index contributed by atoms with van der Waals surface area (Å²) in [4.78, 5) is 31.6. The van der Waals surface area contributed by atoms with Crippen LogP contribution in [0.2, 0.25) is 0 Å². The highest BCUT2D eigenvalue weighted by Crippen LogP contribution is 2.46. The molecular formula is C31H39N3O5S. The largest absolute Gasteiger partial charge is 0.461 e. The van der Waals surface area contributed by atoms with Gasteiger partial charge in [0.1, 0.15) is 12.0 Å². The first kappa shape index (κ1) is 29.5. The number of cyclic esters (lactones) is 1. The highest BCUT2D eigenvalue weighted by Gasteiger charge is 2.51. The fourth-order valence-corrected chi connectivity index (χ4v) is 6.73. The molecule has 0 amide bonds. The SMILES string of the molecule is CCC[C@@H]1OC(=O)C(C(c2cccc(NS(=O)(=O)c3cn(C)cn3)c2)C(C)(C)C)C(=O)C1CCc1ccccc1. The van der Waals surface area contributed by atoms with Crippen LogP contribution < -0.4 is 4.72 Å². The van der Waals surface area contributed by atoms with E-state index in [1.165, 1.54) is 12.5 Å². The van der Waals surface area contributed by atoms with E-state index in [1.54, 1.807) is 29.8 Å². The number of benzene rings is 2. The maximum Gasteiger partial charge on any atom is 0.317 e. The third kappa shape index (κ3) is 6.63. The molecule has 1 aromatic heterocycles. The second-order valence-electron chi connectivity index (χ2n) is 11.7. The molecule has 0 saturated carbocycles. The average Bonchev–Trinajstić information content (AvgIpc) is 3.33. The summed E-state index contributed by atoms with van der Waals surface area (Å²) in [5.74, 6) is -2.51. The number of hydrogen-bond acceptors (Lipinski definition) is 6. The summed E-state index contributed by atoms with van der Waals surface area (Å²) in [6.07, 6.45) is 5.14. The summed E-state index contributed by atoms with van der Waals surface area (Å²) in [6, 6.07) is 16.9. The van der Waals surface area contributed by atoms with Crippen molar-refractivity contribution in [3.63, 3.8) is 0 Å². The van der Waals surface area contributed by atoms with Crippen LogP contribution in [0.3, 0.4) is 0 Å². The Morgan fingerprint density at radius 1 is 1.05 bits per heavy atom. The lowest BCUT2D eigenvalue weighted by Gasteiger charge is -2.42. The third-order valence-corrected chi connectivity index (χ3v) is 8.79. The first-order valence-electron chi connectivity index (χ1n) is 13.8. The molecule has 2 heterocycles. The topological polar surface area (TPSA) is 107 Å². The van der Waals surface area contributed by atoms with Gasteiger partial charge in [-0.05, 0) is 47.9 Å². The van der Waals surface area contributed by atoms with Gasteiger partial charge in [0.2, 0.25) is 0 Å². The normalized spacial score (nSPS) is 20.7. The smallest absolute Gasteiger partial charge is 0.317 e. The van der Waals surface area contributed by atoms with E-state index in [1.807, 2.05) is 64.1 Å². The van der Waals surface area contributed by atoms with Crippen LogP contribution in [0.25, 0.3) is 0 Å². The van der Waals surface area contributed by atoms with Crippen LogP contribution in [-0.4, -0.2) is 35.8 Å². The van der Waals surface area contributed by atoms with Gasteiger partial charge in [-0.2, -0.15) is 8.42 Å². The van der Waals surface area contributed by atoms with Gasteiger partial charge in [0.25, 0.3) is 10.0 Å². The second kappa shape index (κ2) is 12.0. The molecule has 1 aliphatic heterocycles. The molecule has 0 spiro atoms. The van der Waals surface area contributed by atoms with E-state index in [2.05, 4.69) is 9.71 Å². The maximum atomic E-state index is 14.2. The average molecular weight is 566 g/mol. The summed E-state index contributed by atoms with van der Waals surface area (Å²) in [5.41, 5.74) is 1.66. The number of hydrogen-bond donors (Lipinski definition) is 1. The predicted molar refractivity (Wildman–Crippen MR) is 154 cm³/mol. The van der Waals surface area contributed by atoms with Crippen molar-refractivity contribution in [2.24, 2.45) is 24.3 Å². The van der Waals surface area contributed by atoms with E-state index in [0.717, 1.165) is 12.0 Å². The fourth-order valence-electron chi connectivity index (χ4n) is 5.70. The summed E-state index contributed by atoms with van der Waals surface area (Å²) >= 11 is 0. The molecule has 1 aliphatic rings. The number of sulfonamides is 1. The fraction of sp³-hybridized carbons (Fsp3) is 0.452. The predicted octanol–water partition coefficient (Wildman–Crippen LogP) is 5.51. The number of carbonyl (C=O) groups excluding carboxylic acids is 2. The van der Waals surface area contributed by atoms with Crippen molar-refractivity contribution in [2.75, 3.05) is 4.72 Å². The number of Topliss-reactive ketones (excluding diaryl/α,β-unsaturated/α-hetero) is 1. The number of carbonyl (C=O) groups is 2. The molecule has 1 N–H and O–H groups in total. The number of rotatable bonds is 10. The summed E-state index contributed by atoms with van der Waals surface area (Å²) in [7, 11) is -2.22. The molecule has 1 saturated heterocycles. The molecule has 3 aromatic rings. The Labute approximate surface area is 237 Å². The Morgan fingerprint density at radius 3 is 2.40 bits per heavy atom. The van der Waals surface area contributed by atoms with Crippen molar-refractivity contribution in [1.82, 2.24) is 9.55 Å². The van der Waals surface area contributed by atoms with Crippen LogP contribution in [0.15, 0.2) is 72.1 Å². The number of aromatic nitrogens is 2. The van der Waals surface area contributed by atoms with Gasteiger partial charge in [-0.1, -0.05) is 76.6 Å². The second-order valence-corrected chi connectivity index (χ2v) is 13.4. The van der Waals surface area contributed by atoms with Crippen molar-refractivity contribution in [3.05, 3.63) is 78.2 Å². The van der Waals surface area contributed by atoms with Crippen LogP contribution in [0.4, 0.5) is 5.69 Å². The lowest BCUT2D eigenvalue weighted by Crippen LogP contribution is -2.50. The van der Waals surface area contributed by atoms with Crippen LogP contribution in [0.1, 0.15) is 64.0 Å². The third-order valence-electron chi connectivity index (χ3n) is 7.52. The Bertz CT molecular complexity index is 1440. The van der Waals surface area contributed by atoms with Gasteiger partial charge in [0, 0.05) is 24.8 Å². The Morgan fingerprint density at radius 2 is 1.77 bits per heavy atom. The molecule has 0 radical (unpaired) electrons. The minimum absolute atomic E-state index is 0.0926. The van der Waals surface area contributed by atoms with E-state index >= 15 is 0 Å². The summed E-state index contributed by atoms with van der Waals surface area (Å²) in [5, 5.41) is -0.0953. The van der Waals surface area contributed by atoms with E-state index < -0.39 is 45.3 Å². The van der Waals surface area contributed by atoms with E-state index in [9.17, 15) is 18.0 Å². The zero-order valence-electron chi connectivity index (χ0n) is 23.8.